The SMILES string of the molecule is O=C(NCc1cccnc1)Nc1ccc(S(=O)(=O)c2ccc(O)cc2)cc1. The minimum atomic E-state index is -3.69. The molecule has 0 aliphatic carbocycles. The van der Waals surface area contributed by atoms with E-state index in [4.69, 9.17) is 0 Å². The summed E-state index contributed by atoms with van der Waals surface area (Å²) in [5, 5.41) is 14.6. The van der Waals surface area contributed by atoms with Gasteiger partial charge in [-0.15, -0.1) is 0 Å². The summed E-state index contributed by atoms with van der Waals surface area (Å²) in [5.41, 5.74) is 1.33. The van der Waals surface area contributed by atoms with Crippen LogP contribution in [0.25, 0.3) is 0 Å². The molecular weight excluding hydrogens is 366 g/mol. The Labute approximate surface area is 156 Å². The molecule has 0 aliphatic rings. The molecule has 7 nitrogen and oxygen atoms in total. The lowest BCUT2D eigenvalue weighted by Crippen LogP contribution is -2.28. The Morgan fingerprint density at radius 1 is 0.963 bits per heavy atom. The van der Waals surface area contributed by atoms with Crippen molar-refractivity contribution >= 4 is 21.6 Å². The highest BCUT2D eigenvalue weighted by Crippen LogP contribution is 2.23. The lowest BCUT2D eigenvalue weighted by Gasteiger charge is -2.09. The van der Waals surface area contributed by atoms with Crippen molar-refractivity contribution in [3.8, 4) is 5.75 Å². The fourth-order valence-corrected chi connectivity index (χ4v) is 3.60. The number of sulfone groups is 1. The molecule has 27 heavy (non-hydrogen) atoms. The molecule has 0 radical (unpaired) electrons. The molecule has 1 heterocycles. The molecule has 8 heteroatoms. The quantitative estimate of drug-likeness (QED) is 0.628. The van der Waals surface area contributed by atoms with Crippen LogP contribution in [0.5, 0.6) is 5.75 Å². The molecule has 0 saturated carbocycles. The molecule has 2 aromatic carbocycles. The van der Waals surface area contributed by atoms with Crippen molar-refractivity contribution in [3.05, 3.63) is 78.6 Å². The van der Waals surface area contributed by atoms with Crippen molar-refractivity contribution in [2.45, 2.75) is 16.3 Å². The average Bonchev–Trinajstić information content (AvgIpc) is 2.68. The average molecular weight is 383 g/mol. The highest BCUT2D eigenvalue weighted by Gasteiger charge is 2.17. The number of phenolic OH excluding ortho intramolecular Hbond substituents is 1. The Morgan fingerprint density at radius 2 is 1.59 bits per heavy atom. The van der Waals surface area contributed by atoms with E-state index in [2.05, 4.69) is 15.6 Å². The largest absolute Gasteiger partial charge is 0.508 e. The molecule has 0 fully saturated rings. The molecule has 3 rings (SSSR count). The summed E-state index contributed by atoms with van der Waals surface area (Å²) >= 11 is 0. The molecule has 3 aromatic rings. The number of hydrogen-bond acceptors (Lipinski definition) is 5. The van der Waals surface area contributed by atoms with E-state index in [1.807, 2.05) is 6.07 Å². The Balaban J connectivity index is 1.64. The second-order valence-electron chi connectivity index (χ2n) is 5.69. The second kappa shape index (κ2) is 7.88. The standard InChI is InChI=1S/C19H17N3O4S/c23-16-5-9-18(10-6-16)27(25,26)17-7-3-15(4-8-17)22-19(24)21-13-14-2-1-11-20-12-14/h1-12,23H,13H2,(H2,21,22,24). The second-order valence-corrected chi connectivity index (χ2v) is 7.64. The number of urea groups is 1. The number of pyridine rings is 1. The first kappa shape index (κ1) is 18.4. The van der Waals surface area contributed by atoms with Crippen LogP contribution in [0.1, 0.15) is 5.56 Å². The summed E-state index contributed by atoms with van der Waals surface area (Å²) in [6.45, 7) is 0.326. The maximum Gasteiger partial charge on any atom is 0.319 e. The molecule has 138 valence electrons. The monoisotopic (exact) mass is 383 g/mol. The molecule has 3 N–H and O–H groups in total. The van der Waals surface area contributed by atoms with E-state index in [1.54, 1.807) is 18.5 Å². The smallest absolute Gasteiger partial charge is 0.319 e. The number of aromatic nitrogens is 1. The van der Waals surface area contributed by atoms with Gasteiger partial charge >= 0.3 is 6.03 Å². The van der Waals surface area contributed by atoms with Crippen LogP contribution >= 0.6 is 0 Å². The number of amides is 2. The topological polar surface area (TPSA) is 108 Å². The number of benzene rings is 2. The van der Waals surface area contributed by atoms with Crippen molar-refractivity contribution in [2.24, 2.45) is 0 Å². The molecule has 0 aliphatic heterocycles. The van der Waals surface area contributed by atoms with Gasteiger partial charge in [-0.2, -0.15) is 0 Å². The van der Waals surface area contributed by atoms with Gasteiger partial charge in [0.05, 0.1) is 9.79 Å². The Kier molecular flexibility index (Phi) is 5.37. The number of carbonyl (C=O) groups is 1. The van der Waals surface area contributed by atoms with Gasteiger partial charge in [0.25, 0.3) is 0 Å². The maximum atomic E-state index is 12.6. The van der Waals surface area contributed by atoms with Crippen LogP contribution in [0.4, 0.5) is 10.5 Å². The molecular formula is C19H17N3O4S. The van der Waals surface area contributed by atoms with Crippen LogP contribution < -0.4 is 10.6 Å². The van der Waals surface area contributed by atoms with Crippen molar-refractivity contribution < 1.29 is 18.3 Å². The fourth-order valence-electron chi connectivity index (χ4n) is 2.34. The Hall–Kier alpha value is -3.39. The number of phenols is 1. The first-order valence-electron chi connectivity index (χ1n) is 8.03. The van der Waals surface area contributed by atoms with Gasteiger partial charge in [0.15, 0.2) is 0 Å². The number of rotatable bonds is 5. The van der Waals surface area contributed by atoms with Gasteiger partial charge in [-0.3, -0.25) is 4.98 Å². The normalized spacial score (nSPS) is 11.0. The van der Waals surface area contributed by atoms with Crippen molar-refractivity contribution in [3.63, 3.8) is 0 Å². The third-order valence-corrected chi connectivity index (χ3v) is 5.53. The van der Waals surface area contributed by atoms with E-state index >= 15 is 0 Å². The first-order valence-corrected chi connectivity index (χ1v) is 9.51. The van der Waals surface area contributed by atoms with E-state index in [0.29, 0.717) is 12.2 Å². The molecule has 1 aromatic heterocycles. The van der Waals surface area contributed by atoms with Gasteiger partial charge in [0.1, 0.15) is 5.75 Å². The van der Waals surface area contributed by atoms with Crippen molar-refractivity contribution in [1.82, 2.24) is 10.3 Å². The number of hydrogen-bond donors (Lipinski definition) is 3. The summed E-state index contributed by atoms with van der Waals surface area (Å²) in [7, 11) is -3.69. The first-order chi connectivity index (χ1) is 12.9. The molecule has 0 spiro atoms. The van der Waals surface area contributed by atoms with Gasteiger partial charge in [0, 0.05) is 24.6 Å². The fraction of sp³-hybridized carbons (Fsp3) is 0.0526. The zero-order valence-corrected chi connectivity index (χ0v) is 15.0. The highest BCUT2D eigenvalue weighted by atomic mass is 32.2. The lowest BCUT2D eigenvalue weighted by atomic mass is 10.3. The summed E-state index contributed by atoms with van der Waals surface area (Å²) in [5.74, 6) is -0.00852. The van der Waals surface area contributed by atoms with Gasteiger partial charge in [-0.1, -0.05) is 6.07 Å². The lowest BCUT2D eigenvalue weighted by molar-refractivity contribution is 0.251. The molecule has 2 amide bonds. The molecule has 0 unspecified atom stereocenters. The van der Waals surface area contributed by atoms with E-state index in [9.17, 15) is 18.3 Å². The zero-order chi connectivity index (χ0) is 19.3. The Bertz CT molecular complexity index is 1020. The number of nitrogens with one attached hydrogen (secondary N) is 2. The number of carbonyl (C=O) groups excluding carboxylic acids is 1. The zero-order valence-electron chi connectivity index (χ0n) is 14.2. The van der Waals surface area contributed by atoms with E-state index in [-0.39, 0.29) is 15.5 Å². The van der Waals surface area contributed by atoms with Crippen LogP contribution in [0, 0.1) is 0 Å². The van der Waals surface area contributed by atoms with Crippen LogP contribution in [-0.2, 0) is 16.4 Å². The third kappa shape index (κ3) is 4.62. The van der Waals surface area contributed by atoms with Crippen LogP contribution in [0.3, 0.4) is 0 Å². The maximum absolute atomic E-state index is 12.6. The predicted octanol–water partition coefficient (Wildman–Crippen LogP) is 2.94. The highest BCUT2D eigenvalue weighted by molar-refractivity contribution is 7.91. The van der Waals surface area contributed by atoms with Gasteiger partial charge in [0.2, 0.25) is 9.84 Å². The van der Waals surface area contributed by atoms with E-state index in [0.717, 1.165) is 5.56 Å². The number of aromatic hydroxyl groups is 1. The van der Waals surface area contributed by atoms with Gasteiger partial charge < -0.3 is 15.7 Å². The van der Waals surface area contributed by atoms with Gasteiger partial charge in [-0.25, -0.2) is 13.2 Å². The predicted molar refractivity (Wildman–Crippen MR) is 100 cm³/mol. The minimum Gasteiger partial charge on any atom is -0.508 e. The van der Waals surface area contributed by atoms with Crippen molar-refractivity contribution in [1.29, 1.82) is 0 Å². The van der Waals surface area contributed by atoms with E-state index in [1.165, 1.54) is 48.5 Å². The minimum absolute atomic E-state index is 0.00852. The third-order valence-electron chi connectivity index (χ3n) is 3.75. The summed E-state index contributed by atoms with van der Waals surface area (Å²) in [4.78, 5) is 16.1. The summed E-state index contributed by atoms with van der Waals surface area (Å²) in [6.07, 6.45) is 3.31. The summed E-state index contributed by atoms with van der Waals surface area (Å²) in [6, 6.07) is 14.4. The summed E-state index contributed by atoms with van der Waals surface area (Å²) < 4.78 is 25.1. The molecule has 0 atom stereocenters. The van der Waals surface area contributed by atoms with Gasteiger partial charge in [-0.05, 0) is 60.2 Å². The Morgan fingerprint density at radius 3 is 2.19 bits per heavy atom. The number of nitrogens with zero attached hydrogens (tertiary/aromatic N) is 1. The van der Waals surface area contributed by atoms with Crippen molar-refractivity contribution in [2.75, 3.05) is 5.32 Å². The van der Waals surface area contributed by atoms with Crippen LogP contribution in [0.15, 0.2) is 82.8 Å². The van der Waals surface area contributed by atoms with Crippen LogP contribution in [-0.4, -0.2) is 24.5 Å². The van der Waals surface area contributed by atoms with E-state index < -0.39 is 15.9 Å². The van der Waals surface area contributed by atoms with Crippen LogP contribution in [0.2, 0.25) is 0 Å². The number of anilines is 1. The molecule has 0 saturated heterocycles. The molecule has 0 bridgehead atoms.